The topological polar surface area (TPSA) is 29.1 Å². The minimum atomic E-state index is 0.0707. The van der Waals surface area contributed by atoms with E-state index in [2.05, 4.69) is 27.9 Å². The van der Waals surface area contributed by atoms with Crippen LogP contribution in [0.5, 0.6) is 0 Å². The van der Waals surface area contributed by atoms with Gasteiger partial charge in [-0.25, -0.2) is 0 Å². The SMILES string of the molecule is O=C(CC1CC1)Nc1cc(I)ccc1Cl. The monoisotopic (exact) mass is 335 g/mol. The van der Waals surface area contributed by atoms with Gasteiger partial charge >= 0.3 is 0 Å². The van der Waals surface area contributed by atoms with Crippen molar-refractivity contribution >= 4 is 45.8 Å². The summed E-state index contributed by atoms with van der Waals surface area (Å²) in [6.45, 7) is 0. The fraction of sp³-hybridized carbons (Fsp3) is 0.364. The number of carbonyl (C=O) groups excluding carboxylic acids is 1. The Labute approximate surface area is 108 Å². The molecule has 2 nitrogen and oxygen atoms in total. The van der Waals surface area contributed by atoms with Crippen molar-refractivity contribution in [3.05, 3.63) is 26.8 Å². The quantitative estimate of drug-likeness (QED) is 0.839. The molecule has 1 aromatic rings. The van der Waals surface area contributed by atoms with Crippen molar-refractivity contribution in [1.82, 2.24) is 0 Å². The van der Waals surface area contributed by atoms with E-state index in [-0.39, 0.29) is 5.91 Å². The highest BCUT2D eigenvalue weighted by molar-refractivity contribution is 14.1. The Morgan fingerprint density at radius 1 is 1.53 bits per heavy atom. The third-order valence-corrected chi connectivity index (χ3v) is 3.37. The molecule has 0 saturated heterocycles. The first kappa shape index (κ1) is 11.2. The highest BCUT2D eigenvalue weighted by atomic mass is 127. The van der Waals surface area contributed by atoms with Crippen LogP contribution in [-0.2, 0) is 4.79 Å². The average Bonchev–Trinajstić information content (AvgIpc) is 2.95. The lowest BCUT2D eigenvalue weighted by atomic mass is 10.2. The van der Waals surface area contributed by atoms with E-state index >= 15 is 0 Å². The Kier molecular flexibility index (Phi) is 3.51. The third kappa shape index (κ3) is 3.34. The van der Waals surface area contributed by atoms with Crippen molar-refractivity contribution in [2.24, 2.45) is 5.92 Å². The Balaban J connectivity index is 2.01. The molecule has 80 valence electrons. The predicted octanol–water partition coefficient (Wildman–Crippen LogP) is 3.68. The summed E-state index contributed by atoms with van der Waals surface area (Å²) >= 11 is 8.17. The second kappa shape index (κ2) is 4.70. The summed E-state index contributed by atoms with van der Waals surface area (Å²) in [6.07, 6.45) is 3.00. The van der Waals surface area contributed by atoms with E-state index in [0.717, 1.165) is 3.57 Å². The first-order chi connectivity index (χ1) is 7.15. The molecular formula is C11H11ClINO. The number of nitrogens with one attached hydrogen (secondary N) is 1. The van der Waals surface area contributed by atoms with Crippen LogP contribution in [0.15, 0.2) is 18.2 Å². The van der Waals surface area contributed by atoms with Crippen LogP contribution in [0.25, 0.3) is 0 Å². The van der Waals surface area contributed by atoms with Gasteiger partial charge in [-0.15, -0.1) is 0 Å². The molecule has 1 N–H and O–H groups in total. The molecule has 1 aromatic carbocycles. The van der Waals surface area contributed by atoms with Crippen LogP contribution >= 0.6 is 34.2 Å². The molecule has 0 unspecified atom stereocenters. The van der Waals surface area contributed by atoms with Crippen molar-refractivity contribution < 1.29 is 4.79 Å². The minimum Gasteiger partial charge on any atom is -0.325 e. The number of benzene rings is 1. The van der Waals surface area contributed by atoms with Crippen molar-refractivity contribution in [3.8, 4) is 0 Å². The van der Waals surface area contributed by atoms with Gasteiger partial charge in [0.1, 0.15) is 0 Å². The smallest absolute Gasteiger partial charge is 0.224 e. The molecule has 1 aliphatic carbocycles. The highest BCUT2D eigenvalue weighted by Gasteiger charge is 2.24. The van der Waals surface area contributed by atoms with E-state index in [1.807, 2.05) is 12.1 Å². The molecule has 15 heavy (non-hydrogen) atoms. The zero-order valence-electron chi connectivity index (χ0n) is 8.09. The van der Waals surface area contributed by atoms with Crippen LogP contribution in [0.1, 0.15) is 19.3 Å². The zero-order valence-corrected chi connectivity index (χ0v) is 11.0. The summed E-state index contributed by atoms with van der Waals surface area (Å²) in [6, 6.07) is 5.60. The van der Waals surface area contributed by atoms with E-state index in [1.165, 1.54) is 12.8 Å². The van der Waals surface area contributed by atoms with Crippen LogP contribution in [-0.4, -0.2) is 5.91 Å². The first-order valence-electron chi connectivity index (χ1n) is 4.90. The molecule has 0 bridgehead atoms. The standard InChI is InChI=1S/C11H11ClINO/c12-9-4-3-8(13)6-10(9)14-11(15)5-7-1-2-7/h3-4,6-7H,1-2,5H2,(H,14,15). The van der Waals surface area contributed by atoms with Gasteiger partial charge in [-0.05, 0) is 59.5 Å². The predicted molar refractivity (Wildman–Crippen MR) is 70.1 cm³/mol. The van der Waals surface area contributed by atoms with Crippen LogP contribution < -0.4 is 5.32 Å². The van der Waals surface area contributed by atoms with E-state index in [0.29, 0.717) is 23.0 Å². The number of hydrogen-bond donors (Lipinski definition) is 1. The van der Waals surface area contributed by atoms with E-state index in [9.17, 15) is 4.79 Å². The molecule has 4 heteroatoms. The summed E-state index contributed by atoms with van der Waals surface area (Å²) in [5, 5.41) is 3.44. The highest BCUT2D eigenvalue weighted by Crippen LogP contribution is 2.33. The lowest BCUT2D eigenvalue weighted by Crippen LogP contribution is -2.12. The molecule has 1 aliphatic rings. The second-order valence-electron chi connectivity index (χ2n) is 3.82. The molecular weight excluding hydrogens is 324 g/mol. The Hall–Kier alpha value is -0.290. The fourth-order valence-electron chi connectivity index (χ4n) is 1.38. The molecule has 1 saturated carbocycles. The van der Waals surface area contributed by atoms with Crippen molar-refractivity contribution in [1.29, 1.82) is 0 Å². The Morgan fingerprint density at radius 3 is 2.93 bits per heavy atom. The maximum Gasteiger partial charge on any atom is 0.224 e. The molecule has 0 atom stereocenters. The van der Waals surface area contributed by atoms with E-state index in [1.54, 1.807) is 6.07 Å². The number of halogens is 2. The fourth-order valence-corrected chi connectivity index (χ4v) is 2.03. The van der Waals surface area contributed by atoms with Crippen LogP contribution in [0.4, 0.5) is 5.69 Å². The van der Waals surface area contributed by atoms with Gasteiger partial charge in [-0.1, -0.05) is 11.6 Å². The minimum absolute atomic E-state index is 0.0707. The second-order valence-corrected chi connectivity index (χ2v) is 5.47. The number of rotatable bonds is 3. The lowest BCUT2D eigenvalue weighted by Gasteiger charge is -2.07. The largest absolute Gasteiger partial charge is 0.325 e. The van der Waals surface area contributed by atoms with E-state index in [4.69, 9.17) is 11.6 Å². The van der Waals surface area contributed by atoms with E-state index < -0.39 is 0 Å². The zero-order chi connectivity index (χ0) is 10.8. The Bertz CT molecular complexity index is 390. The van der Waals surface area contributed by atoms with Gasteiger partial charge < -0.3 is 5.32 Å². The van der Waals surface area contributed by atoms with Crippen molar-refractivity contribution in [2.45, 2.75) is 19.3 Å². The van der Waals surface area contributed by atoms with Gasteiger partial charge in [-0.3, -0.25) is 4.79 Å². The number of amides is 1. The maximum atomic E-state index is 11.6. The van der Waals surface area contributed by atoms with Crippen molar-refractivity contribution in [3.63, 3.8) is 0 Å². The van der Waals surface area contributed by atoms with Gasteiger partial charge in [0.2, 0.25) is 5.91 Å². The molecule has 2 rings (SSSR count). The van der Waals surface area contributed by atoms with Crippen molar-refractivity contribution in [2.75, 3.05) is 5.32 Å². The van der Waals surface area contributed by atoms with Gasteiger partial charge in [-0.2, -0.15) is 0 Å². The van der Waals surface area contributed by atoms with Gasteiger partial charge in [0, 0.05) is 9.99 Å². The third-order valence-electron chi connectivity index (χ3n) is 2.37. The van der Waals surface area contributed by atoms with Crippen LogP contribution in [0, 0.1) is 9.49 Å². The maximum absolute atomic E-state index is 11.6. The molecule has 1 fully saturated rings. The Morgan fingerprint density at radius 2 is 2.27 bits per heavy atom. The number of hydrogen-bond acceptors (Lipinski definition) is 1. The van der Waals surface area contributed by atoms with Gasteiger partial charge in [0.15, 0.2) is 0 Å². The van der Waals surface area contributed by atoms with Gasteiger partial charge in [0.05, 0.1) is 10.7 Å². The van der Waals surface area contributed by atoms with Crippen LogP contribution in [0.3, 0.4) is 0 Å². The number of anilines is 1. The first-order valence-corrected chi connectivity index (χ1v) is 6.36. The molecule has 0 spiro atoms. The summed E-state index contributed by atoms with van der Waals surface area (Å²) in [5.74, 6) is 0.674. The van der Waals surface area contributed by atoms with Crippen LogP contribution in [0.2, 0.25) is 5.02 Å². The molecule has 0 aromatic heterocycles. The normalized spacial score (nSPS) is 15.1. The molecule has 0 radical (unpaired) electrons. The average molecular weight is 336 g/mol. The summed E-state index contributed by atoms with van der Waals surface area (Å²) in [5.41, 5.74) is 0.717. The molecule has 1 amide bonds. The summed E-state index contributed by atoms with van der Waals surface area (Å²) in [4.78, 5) is 11.6. The van der Waals surface area contributed by atoms with Gasteiger partial charge in [0.25, 0.3) is 0 Å². The molecule has 0 heterocycles. The summed E-state index contributed by atoms with van der Waals surface area (Å²) < 4.78 is 1.07. The lowest BCUT2D eigenvalue weighted by molar-refractivity contribution is -0.116. The summed E-state index contributed by atoms with van der Waals surface area (Å²) in [7, 11) is 0. The molecule has 0 aliphatic heterocycles. The number of carbonyl (C=O) groups is 1.